The first-order valence-electron chi connectivity index (χ1n) is 7.11. The van der Waals surface area contributed by atoms with Gasteiger partial charge in [-0.1, -0.05) is 24.3 Å². The highest BCUT2D eigenvalue weighted by atomic mass is 32.1. The Hall–Kier alpha value is -2.40. The van der Waals surface area contributed by atoms with Crippen LogP contribution in [-0.4, -0.2) is 37.2 Å². The Balaban J connectivity index is 2.53. The monoisotopic (exact) mass is 329 g/mol. The van der Waals surface area contributed by atoms with Crippen molar-refractivity contribution < 1.29 is 14.3 Å². The summed E-state index contributed by atoms with van der Waals surface area (Å²) in [5.41, 5.74) is 3.26. The molecule has 0 heterocycles. The first kappa shape index (κ1) is 17.0. The molecule has 0 unspecified atom stereocenters. The zero-order valence-electron chi connectivity index (χ0n) is 13.6. The van der Waals surface area contributed by atoms with Crippen LogP contribution in [0.3, 0.4) is 0 Å². The van der Waals surface area contributed by atoms with Crippen LogP contribution in [0.25, 0.3) is 11.1 Å². The smallest absolute Gasteiger partial charge is 0.338 e. The van der Waals surface area contributed by atoms with Crippen molar-refractivity contribution in [2.75, 3.05) is 21.2 Å². The lowest BCUT2D eigenvalue weighted by atomic mass is 9.96. The maximum atomic E-state index is 12.1. The number of benzene rings is 2. The largest absolute Gasteiger partial charge is 0.465 e. The summed E-state index contributed by atoms with van der Waals surface area (Å²) in [7, 11) is 5.00. The van der Waals surface area contributed by atoms with E-state index in [0.717, 1.165) is 16.7 Å². The summed E-state index contributed by atoms with van der Waals surface area (Å²) >= 11 is 5.17. The van der Waals surface area contributed by atoms with Gasteiger partial charge in [0, 0.05) is 19.7 Å². The second-order valence-electron chi connectivity index (χ2n) is 5.28. The van der Waals surface area contributed by atoms with Crippen molar-refractivity contribution in [3.63, 3.8) is 0 Å². The van der Waals surface area contributed by atoms with Crippen LogP contribution in [-0.2, 0) is 4.74 Å². The Bertz CT molecular complexity index is 741. The highest BCUT2D eigenvalue weighted by Crippen LogP contribution is 2.31. The molecule has 4 nitrogen and oxygen atoms in total. The van der Waals surface area contributed by atoms with Crippen molar-refractivity contribution in [3.8, 4) is 16.9 Å². The average molecular weight is 329 g/mol. The van der Waals surface area contributed by atoms with Gasteiger partial charge in [-0.25, -0.2) is 4.79 Å². The Kier molecular flexibility index (Phi) is 5.34. The molecule has 0 aliphatic heterocycles. The second-order valence-corrected chi connectivity index (χ2v) is 5.63. The van der Waals surface area contributed by atoms with Gasteiger partial charge in [-0.2, -0.15) is 0 Å². The SMILES string of the molecule is COC(=O)c1ccc(OC(=S)N(C)C)cc1-c1ccccc1C. The highest BCUT2D eigenvalue weighted by molar-refractivity contribution is 7.80. The maximum absolute atomic E-state index is 12.1. The molecule has 2 aromatic rings. The molecule has 0 aliphatic rings. The van der Waals surface area contributed by atoms with Gasteiger partial charge < -0.3 is 14.4 Å². The third-order valence-corrected chi connectivity index (χ3v) is 3.85. The van der Waals surface area contributed by atoms with Gasteiger partial charge in [-0.3, -0.25) is 0 Å². The second kappa shape index (κ2) is 7.24. The van der Waals surface area contributed by atoms with Crippen molar-refractivity contribution in [3.05, 3.63) is 53.6 Å². The van der Waals surface area contributed by atoms with Gasteiger partial charge in [-0.05, 0) is 48.5 Å². The number of hydrogen-bond acceptors (Lipinski definition) is 4. The molecule has 0 saturated heterocycles. The van der Waals surface area contributed by atoms with Crippen LogP contribution in [0.2, 0.25) is 0 Å². The average Bonchev–Trinajstić information content (AvgIpc) is 2.54. The molecule has 120 valence electrons. The summed E-state index contributed by atoms with van der Waals surface area (Å²) in [6.45, 7) is 1.99. The molecular formula is C18H19NO3S. The summed E-state index contributed by atoms with van der Waals surface area (Å²) in [6, 6.07) is 13.1. The Morgan fingerprint density at radius 1 is 1.09 bits per heavy atom. The number of carbonyl (C=O) groups is 1. The van der Waals surface area contributed by atoms with E-state index in [0.29, 0.717) is 16.5 Å². The van der Waals surface area contributed by atoms with E-state index in [4.69, 9.17) is 21.7 Å². The fourth-order valence-corrected chi connectivity index (χ4v) is 2.26. The normalized spacial score (nSPS) is 10.1. The number of carbonyl (C=O) groups excluding carboxylic acids is 1. The summed E-state index contributed by atoms with van der Waals surface area (Å²) < 4.78 is 10.5. The Morgan fingerprint density at radius 3 is 2.39 bits per heavy atom. The van der Waals surface area contributed by atoms with Gasteiger partial charge in [0.15, 0.2) is 0 Å². The van der Waals surface area contributed by atoms with Gasteiger partial charge in [0.05, 0.1) is 12.7 Å². The van der Waals surface area contributed by atoms with Crippen LogP contribution in [0.5, 0.6) is 5.75 Å². The minimum Gasteiger partial charge on any atom is -0.465 e. The van der Waals surface area contributed by atoms with E-state index in [2.05, 4.69) is 0 Å². The zero-order chi connectivity index (χ0) is 17.0. The number of hydrogen-bond donors (Lipinski definition) is 0. The molecule has 0 atom stereocenters. The molecule has 2 rings (SSSR count). The third-order valence-electron chi connectivity index (χ3n) is 3.40. The molecule has 0 aromatic heterocycles. The lowest BCUT2D eigenvalue weighted by Gasteiger charge is -2.16. The first-order valence-corrected chi connectivity index (χ1v) is 7.52. The highest BCUT2D eigenvalue weighted by Gasteiger charge is 2.16. The molecule has 0 N–H and O–H groups in total. The summed E-state index contributed by atoms with van der Waals surface area (Å²) in [6.07, 6.45) is 0. The topological polar surface area (TPSA) is 38.8 Å². The number of methoxy groups -OCH3 is 1. The number of aryl methyl sites for hydroxylation is 1. The molecular weight excluding hydrogens is 310 g/mol. The van der Waals surface area contributed by atoms with Crippen LogP contribution in [0, 0.1) is 6.92 Å². The molecule has 2 aromatic carbocycles. The lowest BCUT2D eigenvalue weighted by Crippen LogP contribution is -2.25. The van der Waals surface area contributed by atoms with E-state index in [1.807, 2.05) is 51.4 Å². The third kappa shape index (κ3) is 3.87. The molecule has 0 spiro atoms. The Labute approximate surface area is 141 Å². The number of ether oxygens (including phenoxy) is 2. The summed E-state index contributed by atoms with van der Waals surface area (Å²) in [5, 5.41) is 0.353. The standard InChI is InChI=1S/C18H19NO3S/c1-12-7-5-6-8-14(12)16-11-13(22-18(23)19(2)3)9-10-15(16)17(20)21-4/h5-11H,1-4H3. The zero-order valence-corrected chi connectivity index (χ0v) is 14.4. The van der Waals surface area contributed by atoms with E-state index >= 15 is 0 Å². The van der Waals surface area contributed by atoms with Gasteiger partial charge in [-0.15, -0.1) is 0 Å². The summed E-state index contributed by atoms with van der Waals surface area (Å²) in [5.74, 6) is 0.194. The van der Waals surface area contributed by atoms with Gasteiger partial charge in [0.1, 0.15) is 5.75 Å². The van der Waals surface area contributed by atoms with Crippen LogP contribution in [0.1, 0.15) is 15.9 Å². The minimum absolute atomic E-state index is 0.353. The van der Waals surface area contributed by atoms with Crippen LogP contribution in [0.4, 0.5) is 0 Å². The van der Waals surface area contributed by atoms with Crippen molar-refractivity contribution in [1.82, 2.24) is 4.90 Å². The number of nitrogens with zero attached hydrogens (tertiary/aromatic N) is 1. The van der Waals surface area contributed by atoms with E-state index in [1.165, 1.54) is 7.11 Å². The molecule has 0 fully saturated rings. The van der Waals surface area contributed by atoms with Gasteiger partial charge >= 0.3 is 5.97 Å². The predicted octanol–water partition coefficient (Wildman–Crippen LogP) is 3.67. The number of esters is 1. The van der Waals surface area contributed by atoms with Crippen molar-refractivity contribution in [2.24, 2.45) is 0 Å². The number of rotatable bonds is 3. The molecule has 5 heteroatoms. The fraction of sp³-hybridized carbons (Fsp3) is 0.222. The van der Waals surface area contributed by atoms with Crippen LogP contribution in [0.15, 0.2) is 42.5 Å². The van der Waals surface area contributed by atoms with E-state index in [1.54, 1.807) is 17.0 Å². The summed E-state index contributed by atoms with van der Waals surface area (Å²) in [4.78, 5) is 13.8. The maximum Gasteiger partial charge on any atom is 0.338 e. The van der Waals surface area contributed by atoms with Crippen LogP contribution >= 0.6 is 12.2 Å². The molecule has 0 aliphatic carbocycles. The lowest BCUT2D eigenvalue weighted by molar-refractivity contribution is 0.0601. The molecule has 0 bridgehead atoms. The molecule has 0 saturated carbocycles. The molecule has 0 radical (unpaired) electrons. The van der Waals surface area contributed by atoms with E-state index in [9.17, 15) is 4.79 Å². The van der Waals surface area contributed by atoms with Crippen molar-refractivity contribution >= 4 is 23.4 Å². The number of thiocarbonyl (C=S) groups is 1. The van der Waals surface area contributed by atoms with Gasteiger partial charge in [0.25, 0.3) is 5.17 Å². The fourth-order valence-electron chi connectivity index (χ4n) is 2.16. The minimum atomic E-state index is -0.384. The Morgan fingerprint density at radius 2 is 1.78 bits per heavy atom. The molecule has 23 heavy (non-hydrogen) atoms. The predicted molar refractivity (Wildman–Crippen MR) is 94.9 cm³/mol. The first-order chi connectivity index (χ1) is 10.9. The van der Waals surface area contributed by atoms with Gasteiger partial charge in [0.2, 0.25) is 0 Å². The molecule has 0 amide bonds. The van der Waals surface area contributed by atoms with Crippen LogP contribution < -0.4 is 4.74 Å². The van der Waals surface area contributed by atoms with Crippen molar-refractivity contribution in [1.29, 1.82) is 0 Å². The van der Waals surface area contributed by atoms with E-state index < -0.39 is 0 Å². The van der Waals surface area contributed by atoms with E-state index in [-0.39, 0.29) is 5.97 Å². The van der Waals surface area contributed by atoms with Crippen molar-refractivity contribution in [2.45, 2.75) is 6.92 Å². The quantitative estimate of drug-likeness (QED) is 0.634.